The highest BCUT2D eigenvalue weighted by Crippen LogP contribution is 2.23. The lowest BCUT2D eigenvalue weighted by molar-refractivity contribution is -0.119. The van der Waals surface area contributed by atoms with Crippen molar-refractivity contribution in [1.82, 2.24) is 9.78 Å². The number of nitrogens with two attached hydrogens (primary N) is 1. The van der Waals surface area contributed by atoms with E-state index in [0.29, 0.717) is 6.42 Å². The Hall–Kier alpha value is -1.36. The van der Waals surface area contributed by atoms with Crippen LogP contribution in [0, 0.1) is 0 Å². The summed E-state index contributed by atoms with van der Waals surface area (Å²) in [7, 11) is 3.60. The van der Waals surface area contributed by atoms with Crippen molar-refractivity contribution in [3.05, 3.63) is 11.9 Å². The number of carbonyl (C=O) groups is 1. The van der Waals surface area contributed by atoms with E-state index in [4.69, 9.17) is 5.73 Å². The fraction of sp³-hybridized carbons (Fsp3) is 0.556. The molecule has 0 fully saturated rings. The Morgan fingerprint density at radius 1 is 1.57 bits per heavy atom. The van der Waals surface area contributed by atoms with E-state index in [9.17, 15) is 4.79 Å². The van der Waals surface area contributed by atoms with E-state index < -0.39 is 0 Å². The number of aromatic nitrogens is 2. The summed E-state index contributed by atoms with van der Waals surface area (Å²) >= 11 is 0. The van der Waals surface area contributed by atoms with Crippen molar-refractivity contribution < 1.29 is 4.79 Å². The fourth-order valence-corrected chi connectivity index (χ4v) is 1.76. The maximum Gasteiger partial charge on any atom is 0.243 e. The quantitative estimate of drug-likeness (QED) is 0.614. The van der Waals surface area contributed by atoms with Gasteiger partial charge in [-0.2, -0.15) is 5.10 Å². The molecule has 2 N–H and O–H groups in total. The highest BCUT2D eigenvalue weighted by molar-refractivity contribution is 5.97. The summed E-state index contributed by atoms with van der Waals surface area (Å²) in [5, 5.41) is 4.30. The number of carbonyl (C=O) groups excluding carboxylic acids is 1. The van der Waals surface area contributed by atoms with Crippen molar-refractivity contribution in [2.75, 3.05) is 11.9 Å². The normalized spacial score (nSPS) is 22.1. The van der Waals surface area contributed by atoms with Gasteiger partial charge in [0, 0.05) is 20.3 Å². The Kier molecular flexibility index (Phi) is 2.03. The topological polar surface area (TPSA) is 64.2 Å². The number of nitrogens with zero attached hydrogens (tertiary/aromatic N) is 3. The van der Waals surface area contributed by atoms with E-state index in [1.165, 1.54) is 0 Å². The van der Waals surface area contributed by atoms with Gasteiger partial charge in [0.2, 0.25) is 5.91 Å². The molecule has 1 aliphatic rings. The van der Waals surface area contributed by atoms with Crippen molar-refractivity contribution in [2.24, 2.45) is 12.8 Å². The first kappa shape index (κ1) is 9.21. The summed E-state index contributed by atoms with van der Waals surface area (Å²) < 4.78 is 1.73. The van der Waals surface area contributed by atoms with Crippen LogP contribution in [0.3, 0.4) is 0 Å². The van der Waals surface area contributed by atoms with E-state index in [1.807, 2.05) is 13.2 Å². The van der Waals surface area contributed by atoms with Crippen LogP contribution >= 0.6 is 0 Å². The lowest BCUT2D eigenvalue weighted by Gasteiger charge is -2.16. The minimum atomic E-state index is -0.389. The van der Waals surface area contributed by atoms with Gasteiger partial charge in [0.1, 0.15) is 0 Å². The van der Waals surface area contributed by atoms with Gasteiger partial charge in [-0.3, -0.25) is 9.48 Å². The number of fused-ring (bicyclic) bond motifs is 1. The maximum atomic E-state index is 11.7. The van der Waals surface area contributed by atoms with Gasteiger partial charge in [-0.15, -0.1) is 0 Å². The van der Waals surface area contributed by atoms with Crippen LogP contribution in [0.2, 0.25) is 0 Å². The Balaban J connectivity index is 2.43. The van der Waals surface area contributed by atoms with E-state index in [0.717, 1.165) is 17.8 Å². The molecule has 0 saturated carbocycles. The van der Waals surface area contributed by atoms with Crippen molar-refractivity contribution in [2.45, 2.75) is 18.9 Å². The smallest absolute Gasteiger partial charge is 0.243 e. The molecule has 5 heteroatoms. The molecule has 14 heavy (non-hydrogen) atoms. The average Bonchev–Trinajstić information content (AvgIpc) is 2.49. The standard InChI is InChI=1S/C9H14N4O/c1-12-5-8-7(11-12)4-3-6(10)9(14)13(8)2/h5-6H,3-4,10H2,1-2H3/t6-/m1/s1. The Bertz CT molecular complexity index is 371. The summed E-state index contributed by atoms with van der Waals surface area (Å²) in [5.41, 5.74) is 7.55. The first-order chi connectivity index (χ1) is 6.59. The Morgan fingerprint density at radius 2 is 2.29 bits per heavy atom. The lowest BCUT2D eigenvalue weighted by Crippen LogP contribution is -2.40. The number of likely N-dealkylation sites (N-methyl/N-ethyl adjacent to an activating group) is 1. The van der Waals surface area contributed by atoms with Gasteiger partial charge < -0.3 is 10.6 Å². The Morgan fingerprint density at radius 3 is 3.00 bits per heavy atom. The third-order valence-corrected chi connectivity index (χ3v) is 2.58. The minimum Gasteiger partial charge on any atom is -0.320 e. The highest BCUT2D eigenvalue weighted by Gasteiger charge is 2.26. The average molecular weight is 194 g/mol. The molecular formula is C9H14N4O. The van der Waals surface area contributed by atoms with Gasteiger partial charge in [0.25, 0.3) is 0 Å². The fourth-order valence-electron chi connectivity index (χ4n) is 1.76. The van der Waals surface area contributed by atoms with E-state index in [2.05, 4.69) is 5.10 Å². The van der Waals surface area contributed by atoms with Gasteiger partial charge in [-0.1, -0.05) is 0 Å². The molecule has 1 aromatic heterocycles. The number of hydrogen-bond acceptors (Lipinski definition) is 3. The monoisotopic (exact) mass is 194 g/mol. The molecule has 0 unspecified atom stereocenters. The third kappa shape index (κ3) is 1.29. The largest absolute Gasteiger partial charge is 0.320 e. The van der Waals surface area contributed by atoms with Crippen LogP contribution < -0.4 is 10.6 Å². The molecule has 0 aliphatic carbocycles. The van der Waals surface area contributed by atoms with Crippen LogP contribution in [0.5, 0.6) is 0 Å². The molecule has 2 heterocycles. The van der Waals surface area contributed by atoms with Gasteiger partial charge in [0.05, 0.1) is 17.4 Å². The van der Waals surface area contributed by atoms with Crippen LogP contribution in [-0.2, 0) is 18.3 Å². The molecule has 1 aliphatic heterocycles. The first-order valence-electron chi connectivity index (χ1n) is 4.65. The predicted molar refractivity (Wildman–Crippen MR) is 52.9 cm³/mol. The van der Waals surface area contributed by atoms with Crippen molar-refractivity contribution in [1.29, 1.82) is 0 Å². The maximum absolute atomic E-state index is 11.7. The van der Waals surface area contributed by atoms with Crippen LogP contribution in [0.25, 0.3) is 0 Å². The molecular weight excluding hydrogens is 180 g/mol. The van der Waals surface area contributed by atoms with Crippen molar-refractivity contribution >= 4 is 11.6 Å². The summed E-state index contributed by atoms with van der Waals surface area (Å²) in [6, 6.07) is -0.389. The molecule has 76 valence electrons. The van der Waals surface area contributed by atoms with Gasteiger partial charge >= 0.3 is 0 Å². The number of anilines is 1. The molecule has 1 aromatic rings. The molecule has 1 amide bonds. The summed E-state index contributed by atoms with van der Waals surface area (Å²) in [4.78, 5) is 13.3. The SMILES string of the molecule is CN1C(=O)[C@H](N)CCc2nn(C)cc21. The van der Waals surface area contributed by atoms with Crippen LogP contribution in [0.4, 0.5) is 5.69 Å². The highest BCUT2D eigenvalue weighted by atomic mass is 16.2. The van der Waals surface area contributed by atoms with Crippen molar-refractivity contribution in [3.8, 4) is 0 Å². The summed E-state index contributed by atoms with van der Waals surface area (Å²) in [6.07, 6.45) is 3.30. The molecule has 2 rings (SSSR count). The minimum absolute atomic E-state index is 0.0308. The molecule has 0 saturated heterocycles. The molecule has 1 atom stereocenters. The zero-order chi connectivity index (χ0) is 10.3. The number of rotatable bonds is 0. The third-order valence-electron chi connectivity index (χ3n) is 2.58. The van der Waals surface area contributed by atoms with E-state index in [1.54, 1.807) is 16.6 Å². The second-order valence-corrected chi connectivity index (χ2v) is 3.68. The Labute approximate surface area is 82.5 Å². The number of aryl methyl sites for hydroxylation is 2. The van der Waals surface area contributed by atoms with Crippen LogP contribution in [0.1, 0.15) is 12.1 Å². The second kappa shape index (κ2) is 3.09. The van der Waals surface area contributed by atoms with Crippen molar-refractivity contribution in [3.63, 3.8) is 0 Å². The van der Waals surface area contributed by atoms with Crippen LogP contribution in [-0.4, -0.2) is 28.8 Å². The van der Waals surface area contributed by atoms with Gasteiger partial charge in [0.15, 0.2) is 0 Å². The first-order valence-corrected chi connectivity index (χ1v) is 4.65. The molecule has 0 radical (unpaired) electrons. The molecule has 0 bridgehead atoms. The molecule has 0 spiro atoms. The molecule has 0 aromatic carbocycles. The zero-order valence-electron chi connectivity index (χ0n) is 8.40. The number of hydrogen-bond donors (Lipinski definition) is 1. The van der Waals surface area contributed by atoms with Crippen LogP contribution in [0.15, 0.2) is 6.20 Å². The zero-order valence-corrected chi connectivity index (χ0v) is 8.40. The second-order valence-electron chi connectivity index (χ2n) is 3.68. The van der Waals surface area contributed by atoms with Gasteiger partial charge in [-0.05, 0) is 12.8 Å². The predicted octanol–water partition coefficient (Wildman–Crippen LogP) is -0.344. The van der Waals surface area contributed by atoms with E-state index >= 15 is 0 Å². The summed E-state index contributed by atoms with van der Waals surface area (Å²) in [6.45, 7) is 0. The lowest BCUT2D eigenvalue weighted by atomic mass is 10.1. The van der Waals surface area contributed by atoms with Gasteiger partial charge in [-0.25, -0.2) is 0 Å². The number of amides is 1. The molecule has 5 nitrogen and oxygen atoms in total. The summed E-state index contributed by atoms with van der Waals surface area (Å²) in [5.74, 6) is -0.0308. The van der Waals surface area contributed by atoms with E-state index in [-0.39, 0.29) is 11.9 Å².